The van der Waals surface area contributed by atoms with Gasteiger partial charge in [-0.15, -0.1) is 0 Å². The summed E-state index contributed by atoms with van der Waals surface area (Å²) >= 11 is 6.13. The van der Waals surface area contributed by atoms with Crippen LogP contribution in [0.15, 0.2) is 36.7 Å². The number of rotatable bonds is 9. The molecule has 41 heavy (non-hydrogen) atoms. The molecule has 12 heteroatoms. The van der Waals surface area contributed by atoms with Crippen LogP contribution in [-0.2, 0) is 24.6 Å². The molecule has 3 heterocycles. The Labute approximate surface area is 242 Å². The van der Waals surface area contributed by atoms with Crippen LogP contribution in [0, 0.1) is 12.7 Å². The average Bonchev–Trinajstić information content (AvgIpc) is 3.45. The van der Waals surface area contributed by atoms with Crippen molar-refractivity contribution in [3.8, 4) is 16.9 Å². The molecule has 0 saturated carbocycles. The molecular formula is C29H34ClFN6O4. The van der Waals surface area contributed by atoms with Crippen LogP contribution in [0.5, 0.6) is 5.75 Å². The zero-order valence-corrected chi connectivity index (χ0v) is 24.7. The fourth-order valence-electron chi connectivity index (χ4n) is 4.39. The number of carbonyl (C=O) groups excluding carboxylic acids is 2. The maximum absolute atomic E-state index is 15.3. The summed E-state index contributed by atoms with van der Waals surface area (Å²) in [6, 6.07) is 6.84. The van der Waals surface area contributed by atoms with Gasteiger partial charge >= 0.3 is 6.09 Å². The summed E-state index contributed by atoms with van der Waals surface area (Å²) in [4.78, 5) is 28.7. The highest BCUT2D eigenvalue weighted by Gasteiger charge is 2.21. The number of halogens is 2. The maximum atomic E-state index is 15.3. The molecule has 0 fully saturated rings. The van der Waals surface area contributed by atoms with Gasteiger partial charge in [-0.05, 0) is 52.0 Å². The molecule has 0 spiro atoms. The quantitative estimate of drug-likeness (QED) is 0.290. The van der Waals surface area contributed by atoms with Gasteiger partial charge in [-0.1, -0.05) is 11.6 Å². The van der Waals surface area contributed by atoms with E-state index in [-0.39, 0.29) is 23.3 Å². The van der Waals surface area contributed by atoms with Crippen LogP contribution in [0.3, 0.4) is 0 Å². The molecule has 2 N–H and O–H groups in total. The lowest BCUT2D eigenvalue weighted by atomic mass is 10.1. The molecule has 4 aromatic rings. The maximum Gasteiger partial charge on any atom is 0.407 e. The van der Waals surface area contributed by atoms with Crippen molar-refractivity contribution in [1.29, 1.82) is 0 Å². The van der Waals surface area contributed by atoms with Gasteiger partial charge < -0.3 is 24.5 Å². The first-order valence-electron chi connectivity index (χ1n) is 13.2. The Morgan fingerprint density at radius 3 is 2.61 bits per heavy atom. The SMILES string of the molecule is CNC(=O)c1nn(C)c(C)c1CCOc1c(-c2ccc3ncc(CCNC(=O)OC(C)(C)C)n3c2)ccc(Cl)c1F. The van der Waals surface area contributed by atoms with E-state index in [0.717, 1.165) is 17.0 Å². The third kappa shape index (κ3) is 6.79. The van der Waals surface area contributed by atoms with E-state index in [0.29, 0.717) is 41.9 Å². The van der Waals surface area contributed by atoms with Gasteiger partial charge in [0.25, 0.3) is 5.91 Å². The van der Waals surface area contributed by atoms with Gasteiger partial charge in [-0.25, -0.2) is 14.2 Å². The summed E-state index contributed by atoms with van der Waals surface area (Å²) in [6.07, 6.45) is 3.92. The number of hydrogen-bond donors (Lipinski definition) is 2. The van der Waals surface area contributed by atoms with Crippen molar-refractivity contribution < 1.29 is 23.5 Å². The Balaban J connectivity index is 1.56. The number of amides is 2. The minimum absolute atomic E-state index is 0.00754. The molecule has 4 rings (SSSR count). The number of aryl methyl sites for hydroxylation is 1. The minimum Gasteiger partial charge on any atom is -0.489 e. The van der Waals surface area contributed by atoms with E-state index in [1.165, 1.54) is 6.07 Å². The van der Waals surface area contributed by atoms with Crippen LogP contribution in [0.4, 0.5) is 9.18 Å². The summed E-state index contributed by atoms with van der Waals surface area (Å²) in [5.74, 6) is -0.969. The Kier molecular flexibility index (Phi) is 8.86. The van der Waals surface area contributed by atoms with E-state index >= 15 is 4.39 Å². The lowest BCUT2D eigenvalue weighted by molar-refractivity contribution is 0.0528. The number of fused-ring (bicyclic) bond motifs is 1. The third-order valence-electron chi connectivity index (χ3n) is 6.49. The predicted molar refractivity (Wildman–Crippen MR) is 154 cm³/mol. The van der Waals surface area contributed by atoms with Gasteiger partial charge in [-0.2, -0.15) is 5.10 Å². The summed E-state index contributed by atoms with van der Waals surface area (Å²) in [7, 11) is 3.30. The van der Waals surface area contributed by atoms with Crippen molar-refractivity contribution in [2.24, 2.45) is 7.05 Å². The zero-order chi connectivity index (χ0) is 29.9. The normalized spacial score (nSPS) is 11.5. The molecular weight excluding hydrogens is 551 g/mol. The molecule has 1 aromatic carbocycles. The summed E-state index contributed by atoms with van der Waals surface area (Å²) in [5, 5.41) is 9.58. The van der Waals surface area contributed by atoms with E-state index in [1.54, 1.807) is 51.8 Å². The summed E-state index contributed by atoms with van der Waals surface area (Å²) in [6.45, 7) is 7.72. The lowest BCUT2D eigenvalue weighted by Gasteiger charge is -2.19. The Hall–Kier alpha value is -4.12. The van der Waals surface area contributed by atoms with E-state index < -0.39 is 17.5 Å². The second-order valence-electron chi connectivity index (χ2n) is 10.5. The topological polar surface area (TPSA) is 112 Å². The molecule has 0 bridgehead atoms. The molecule has 0 saturated heterocycles. The van der Waals surface area contributed by atoms with E-state index in [1.807, 2.05) is 29.7 Å². The van der Waals surface area contributed by atoms with Crippen LogP contribution in [0.1, 0.15) is 48.2 Å². The molecule has 0 atom stereocenters. The fraction of sp³-hybridized carbons (Fsp3) is 0.379. The van der Waals surface area contributed by atoms with Crippen LogP contribution < -0.4 is 15.4 Å². The van der Waals surface area contributed by atoms with Gasteiger partial charge in [0.15, 0.2) is 17.3 Å². The third-order valence-corrected chi connectivity index (χ3v) is 6.78. The number of imidazole rings is 1. The van der Waals surface area contributed by atoms with E-state index in [2.05, 4.69) is 20.7 Å². The molecule has 2 amide bonds. The number of pyridine rings is 1. The molecule has 0 aliphatic heterocycles. The fourth-order valence-corrected chi connectivity index (χ4v) is 4.54. The second kappa shape index (κ2) is 12.2. The monoisotopic (exact) mass is 584 g/mol. The van der Waals surface area contributed by atoms with Crippen LogP contribution in [-0.4, -0.2) is 57.0 Å². The van der Waals surface area contributed by atoms with Gasteiger partial charge in [0.1, 0.15) is 11.2 Å². The van der Waals surface area contributed by atoms with Crippen LogP contribution >= 0.6 is 11.6 Å². The highest BCUT2D eigenvalue weighted by atomic mass is 35.5. The summed E-state index contributed by atoms with van der Waals surface area (Å²) in [5.41, 5.74) is 4.01. The van der Waals surface area contributed by atoms with Crippen molar-refractivity contribution in [3.05, 3.63) is 70.1 Å². The van der Waals surface area contributed by atoms with Gasteiger partial charge in [0.2, 0.25) is 0 Å². The Morgan fingerprint density at radius 1 is 1.15 bits per heavy atom. The lowest BCUT2D eigenvalue weighted by Crippen LogP contribution is -2.33. The molecule has 0 aliphatic carbocycles. The van der Waals surface area contributed by atoms with E-state index in [9.17, 15) is 9.59 Å². The number of nitrogens with zero attached hydrogens (tertiary/aromatic N) is 4. The highest BCUT2D eigenvalue weighted by Crippen LogP contribution is 2.36. The van der Waals surface area contributed by atoms with Crippen molar-refractivity contribution in [3.63, 3.8) is 0 Å². The average molecular weight is 585 g/mol. The largest absolute Gasteiger partial charge is 0.489 e. The molecule has 218 valence electrons. The highest BCUT2D eigenvalue weighted by molar-refractivity contribution is 6.31. The first-order valence-corrected chi connectivity index (χ1v) is 13.6. The van der Waals surface area contributed by atoms with Crippen molar-refractivity contribution >= 4 is 29.2 Å². The minimum atomic E-state index is -0.675. The first kappa shape index (κ1) is 29.9. The standard InChI is InChI=1S/C29H34ClFN6O4/c1-17-20(25(27(38)32-5)35-36(17)6)12-14-40-26-21(8-9-22(30)24(26)31)18-7-10-23-34-15-19(37(23)16-18)11-13-33-28(39)41-29(2,3)4/h7-10,15-16H,11-14H2,1-6H3,(H,32,38)(H,33,39). The number of aromatic nitrogens is 4. The zero-order valence-electron chi connectivity index (χ0n) is 24.0. The van der Waals surface area contributed by atoms with Crippen LogP contribution in [0.2, 0.25) is 5.02 Å². The molecule has 10 nitrogen and oxygen atoms in total. The van der Waals surface area contributed by atoms with Crippen molar-refractivity contribution in [1.82, 2.24) is 29.8 Å². The number of benzene rings is 1. The number of nitrogens with one attached hydrogen (secondary N) is 2. The Morgan fingerprint density at radius 2 is 1.90 bits per heavy atom. The van der Waals surface area contributed by atoms with Crippen LogP contribution in [0.25, 0.3) is 16.8 Å². The number of carbonyl (C=O) groups is 2. The smallest absolute Gasteiger partial charge is 0.407 e. The summed E-state index contributed by atoms with van der Waals surface area (Å²) < 4.78 is 30.1. The molecule has 0 radical (unpaired) electrons. The first-order chi connectivity index (χ1) is 19.4. The number of alkyl carbamates (subject to hydrolysis) is 1. The number of hydrogen-bond acceptors (Lipinski definition) is 6. The van der Waals surface area contributed by atoms with Crippen molar-refractivity contribution in [2.75, 3.05) is 20.2 Å². The number of ether oxygens (including phenoxy) is 2. The Bertz CT molecular complexity index is 1590. The van der Waals surface area contributed by atoms with Gasteiger partial charge in [0, 0.05) is 74.0 Å². The van der Waals surface area contributed by atoms with Gasteiger partial charge in [0.05, 0.1) is 11.6 Å². The van der Waals surface area contributed by atoms with Crippen molar-refractivity contribution in [2.45, 2.75) is 46.1 Å². The van der Waals surface area contributed by atoms with E-state index in [4.69, 9.17) is 21.1 Å². The molecule has 3 aromatic heterocycles. The predicted octanol–water partition coefficient (Wildman–Crippen LogP) is 4.88. The van der Waals surface area contributed by atoms with Gasteiger partial charge in [-0.3, -0.25) is 9.48 Å². The molecule has 0 unspecified atom stereocenters. The second-order valence-corrected chi connectivity index (χ2v) is 10.9. The molecule has 0 aliphatic rings.